The third-order valence-electron chi connectivity index (χ3n) is 7.78. The van der Waals surface area contributed by atoms with Gasteiger partial charge in [0.1, 0.15) is 17.1 Å². The standard InChI is InChI=1S/C29H33N5O5/c1-38-17-25-27(24-12-19-7-8-22(39-2)14-23(19)34(24)15-18-5-6-18)31-26-13-20(9-11-33(25)26)28(35)32-10-3-4-21(16-32)30-29(36)37/h7-9,11-14,18,21,30H,3-6,10,15-17H2,1-2H3,(H,36,37)/t21-/m1/s1. The molecule has 4 aromatic rings. The summed E-state index contributed by atoms with van der Waals surface area (Å²) in [7, 11) is 3.35. The molecule has 1 aliphatic heterocycles. The number of nitrogens with one attached hydrogen (secondary N) is 1. The summed E-state index contributed by atoms with van der Waals surface area (Å²) in [6, 6.07) is 11.7. The highest BCUT2D eigenvalue weighted by Crippen LogP contribution is 2.38. The molecule has 0 spiro atoms. The Balaban J connectivity index is 1.40. The van der Waals surface area contributed by atoms with Crippen LogP contribution >= 0.6 is 0 Å². The van der Waals surface area contributed by atoms with E-state index in [1.807, 2.05) is 22.7 Å². The smallest absolute Gasteiger partial charge is 0.404 e. The molecule has 3 aromatic heterocycles. The van der Waals surface area contributed by atoms with Crippen molar-refractivity contribution in [2.24, 2.45) is 5.92 Å². The molecule has 1 aromatic carbocycles. The zero-order chi connectivity index (χ0) is 27.1. The number of pyridine rings is 1. The minimum absolute atomic E-state index is 0.123. The number of rotatable bonds is 8. The van der Waals surface area contributed by atoms with E-state index in [0.717, 1.165) is 53.1 Å². The number of ether oxygens (including phenoxy) is 2. The first kappa shape index (κ1) is 25.2. The predicted octanol–water partition coefficient (Wildman–Crippen LogP) is 4.39. The maximum atomic E-state index is 13.4. The molecule has 1 saturated carbocycles. The molecule has 1 atom stereocenters. The minimum atomic E-state index is -1.07. The summed E-state index contributed by atoms with van der Waals surface area (Å²) in [6.07, 6.45) is 4.74. The van der Waals surface area contributed by atoms with E-state index in [-0.39, 0.29) is 11.9 Å². The summed E-state index contributed by atoms with van der Waals surface area (Å²) < 4.78 is 15.4. The van der Waals surface area contributed by atoms with E-state index in [1.165, 1.54) is 12.8 Å². The number of carboxylic acid groups (broad SMARTS) is 1. The van der Waals surface area contributed by atoms with E-state index in [9.17, 15) is 9.59 Å². The van der Waals surface area contributed by atoms with Crippen molar-refractivity contribution in [3.05, 3.63) is 53.9 Å². The van der Waals surface area contributed by atoms with Crippen molar-refractivity contribution < 1.29 is 24.2 Å². The molecule has 0 unspecified atom stereocenters. The van der Waals surface area contributed by atoms with Crippen LogP contribution in [0.3, 0.4) is 0 Å². The zero-order valence-electron chi connectivity index (χ0n) is 22.2. The zero-order valence-corrected chi connectivity index (χ0v) is 22.2. The van der Waals surface area contributed by atoms with Crippen molar-refractivity contribution in [2.45, 2.75) is 44.9 Å². The molecule has 1 aliphatic carbocycles. The Kier molecular flexibility index (Phi) is 6.64. The number of benzene rings is 1. The van der Waals surface area contributed by atoms with Gasteiger partial charge in [-0.2, -0.15) is 0 Å². The Bertz CT molecular complexity index is 1550. The molecule has 2 fully saturated rings. The van der Waals surface area contributed by atoms with E-state index in [0.29, 0.717) is 36.8 Å². The van der Waals surface area contributed by atoms with Gasteiger partial charge in [0.15, 0.2) is 0 Å². The van der Waals surface area contributed by atoms with Crippen LogP contribution in [0.25, 0.3) is 27.9 Å². The molecule has 2 N–H and O–H groups in total. The Morgan fingerprint density at radius 1 is 1.13 bits per heavy atom. The lowest BCUT2D eigenvalue weighted by atomic mass is 10.0. The molecule has 6 rings (SSSR count). The number of carbonyl (C=O) groups is 2. The van der Waals surface area contributed by atoms with Gasteiger partial charge in [-0.1, -0.05) is 0 Å². The van der Waals surface area contributed by atoms with Gasteiger partial charge in [0.25, 0.3) is 5.91 Å². The van der Waals surface area contributed by atoms with E-state index in [1.54, 1.807) is 25.2 Å². The molecule has 10 nitrogen and oxygen atoms in total. The summed E-state index contributed by atoms with van der Waals surface area (Å²) in [6.45, 7) is 2.24. The molecule has 204 valence electrons. The molecule has 10 heteroatoms. The van der Waals surface area contributed by atoms with E-state index in [4.69, 9.17) is 19.6 Å². The van der Waals surface area contributed by atoms with Gasteiger partial charge < -0.3 is 33.8 Å². The quantitative estimate of drug-likeness (QED) is 0.349. The molecule has 0 radical (unpaired) electrons. The Hall–Kier alpha value is -4.05. The average Bonchev–Trinajstić information content (AvgIpc) is 3.60. The van der Waals surface area contributed by atoms with Gasteiger partial charge >= 0.3 is 6.09 Å². The summed E-state index contributed by atoms with van der Waals surface area (Å²) >= 11 is 0. The number of piperidine rings is 1. The van der Waals surface area contributed by atoms with E-state index >= 15 is 0 Å². The van der Waals surface area contributed by atoms with Crippen LogP contribution in [-0.2, 0) is 17.9 Å². The van der Waals surface area contributed by atoms with Crippen LogP contribution in [0.1, 0.15) is 41.7 Å². The first-order chi connectivity index (χ1) is 18.9. The van der Waals surface area contributed by atoms with Gasteiger partial charge in [0.2, 0.25) is 0 Å². The fourth-order valence-corrected chi connectivity index (χ4v) is 5.66. The lowest BCUT2D eigenvalue weighted by Gasteiger charge is -2.32. The number of methoxy groups -OCH3 is 2. The van der Waals surface area contributed by atoms with Crippen LogP contribution in [0, 0.1) is 5.92 Å². The van der Waals surface area contributed by atoms with E-state index < -0.39 is 6.09 Å². The molecule has 39 heavy (non-hydrogen) atoms. The number of imidazole rings is 1. The van der Waals surface area contributed by atoms with Crippen LogP contribution in [0.15, 0.2) is 42.6 Å². The Labute approximate surface area is 226 Å². The lowest BCUT2D eigenvalue weighted by molar-refractivity contribution is 0.0692. The van der Waals surface area contributed by atoms with Gasteiger partial charge in [0, 0.05) is 56.0 Å². The molecule has 1 saturated heterocycles. The second-order valence-corrected chi connectivity index (χ2v) is 10.5. The van der Waals surface area contributed by atoms with Crippen LogP contribution < -0.4 is 10.1 Å². The Morgan fingerprint density at radius 2 is 1.97 bits per heavy atom. The summed E-state index contributed by atoms with van der Waals surface area (Å²) in [5.74, 6) is 1.35. The topological polar surface area (TPSA) is 110 Å². The van der Waals surface area contributed by atoms with Crippen molar-refractivity contribution in [1.29, 1.82) is 0 Å². The second kappa shape index (κ2) is 10.3. The van der Waals surface area contributed by atoms with Gasteiger partial charge in [-0.15, -0.1) is 0 Å². The average molecular weight is 532 g/mol. The monoisotopic (exact) mass is 531 g/mol. The van der Waals surface area contributed by atoms with Gasteiger partial charge in [-0.05, 0) is 61.9 Å². The third kappa shape index (κ3) is 4.92. The van der Waals surface area contributed by atoms with Crippen molar-refractivity contribution in [3.8, 4) is 17.1 Å². The van der Waals surface area contributed by atoms with E-state index in [2.05, 4.69) is 28.1 Å². The van der Waals surface area contributed by atoms with Gasteiger partial charge in [-0.3, -0.25) is 4.79 Å². The first-order valence-corrected chi connectivity index (χ1v) is 13.4. The third-order valence-corrected chi connectivity index (χ3v) is 7.78. The summed E-state index contributed by atoms with van der Waals surface area (Å²) in [5.41, 5.74) is 5.08. The number of carbonyl (C=O) groups excluding carboxylic acids is 1. The molecule has 0 bridgehead atoms. The number of nitrogens with zero attached hydrogens (tertiary/aromatic N) is 4. The van der Waals surface area contributed by atoms with Gasteiger partial charge in [0.05, 0.1) is 30.6 Å². The van der Waals surface area contributed by atoms with Crippen LogP contribution in [0.2, 0.25) is 0 Å². The van der Waals surface area contributed by atoms with Crippen LogP contribution in [-0.4, -0.2) is 69.3 Å². The van der Waals surface area contributed by atoms with Crippen molar-refractivity contribution in [1.82, 2.24) is 24.2 Å². The Morgan fingerprint density at radius 3 is 2.72 bits per heavy atom. The number of likely N-dealkylation sites (tertiary alicyclic amines) is 1. The number of hydrogen-bond donors (Lipinski definition) is 2. The largest absolute Gasteiger partial charge is 0.497 e. The van der Waals surface area contributed by atoms with Crippen molar-refractivity contribution in [2.75, 3.05) is 27.3 Å². The maximum Gasteiger partial charge on any atom is 0.404 e. The molecule has 2 aliphatic rings. The molecule has 4 heterocycles. The number of hydrogen-bond acceptors (Lipinski definition) is 5. The van der Waals surface area contributed by atoms with Crippen LogP contribution in [0.4, 0.5) is 4.79 Å². The van der Waals surface area contributed by atoms with Crippen molar-refractivity contribution in [3.63, 3.8) is 0 Å². The summed E-state index contributed by atoms with van der Waals surface area (Å²) in [4.78, 5) is 31.3. The highest BCUT2D eigenvalue weighted by Gasteiger charge is 2.28. The predicted molar refractivity (Wildman–Crippen MR) is 146 cm³/mol. The minimum Gasteiger partial charge on any atom is -0.497 e. The highest BCUT2D eigenvalue weighted by atomic mass is 16.5. The maximum absolute atomic E-state index is 13.4. The number of amides is 2. The van der Waals surface area contributed by atoms with Crippen molar-refractivity contribution >= 4 is 28.6 Å². The molecule has 2 amide bonds. The fraction of sp³-hybridized carbons (Fsp3) is 0.414. The van der Waals surface area contributed by atoms with Crippen LogP contribution in [0.5, 0.6) is 5.75 Å². The highest BCUT2D eigenvalue weighted by molar-refractivity contribution is 5.95. The van der Waals surface area contributed by atoms with Gasteiger partial charge in [-0.25, -0.2) is 9.78 Å². The fourth-order valence-electron chi connectivity index (χ4n) is 5.66. The number of fused-ring (bicyclic) bond motifs is 2. The second-order valence-electron chi connectivity index (χ2n) is 10.5. The normalized spacial score (nSPS) is 17.6. The lowest BCUT2D eigenvalue weighted by Crippen LogP contribution is -2.49. The number of aromatic nitrogens is 3. The molecular weight excluding hydrogens is 498 g/mol. The SMILES string of the molecule is COCc1c(-c2cc3ccc(OC)cc3n2CC2CC2)nc2cc(C(=O)N3CCC[C@@H](NC(=O)O)C3)ccn12. The molecular formula is C29H33N5O5. The first-order valence-electron chi connectivity index (χ1n) is 13.4. The summed E-state index contributed by atoms with van der Waals surface area (Å²) in [5, 5.41) is 12.7.